The van der Waals surface area contributed by atoms with Gasteiger partial charge in [-0.3, -0.25) is 4.79 Å². The van der Waals surface area contributed by atoms with Crippen LogP contribution in [0.1, 0.15) is 22.6 Å². The van der Waals surface area contributed by atoms with Crippen LogP contribution < -0.4 is 5.32 Å². The highest BCUT2D eigenvalue weighted by atomic mass is 19.4. The maximum absolute atomic E-state index is 13.4. The van der Waals surface area contributed by atoms with Crippen molar-refractivity contribution in [1.82, 2.24) is 9.80 Å². The summed E-state index contributed by atoms with van der Waals surface area (Å²) in [7, 11) is 1.43. The van der Waals surface area contributed by atoms with E-state index in [0.717, 1.165) is 22.6 Å². The molecular weight excluding hydrogens is 475 g/mol. The van der Waals surface area contributed by atoms with E-state index in [9.17, 15) is 22.8 Å². The van der Waals surface area contributed by atoms with Gasteiger partial charge in [-0.25, -0.2) is 4.79 Å². The Balaban J connectivity index is 1.79. The number of hydrogen-bond acceptors (Lipinski definition) is 4. The summed E-state index contributed by atoms with van der Waals surface area (Å²) < 4.78 is 50.8. The van der Waals surface area contributed by atoms with E-state index in [1.165, 1.54) is 24.1 Å². The molecule has 2 aromatic carbocycles. The number of furan rings is 1. The number of hydrogen-bond donors (Lipinski definition) is 1. The number of ether oxygens (including phenoxy) is 1. The van der Waals surface area contributed by atoms with Crippen molar-refractivity contribution in [3.05, 3.63) is 89.4 Å². The molecule has 3 rings (SSSR count). The third-order valence-electron chi connectivity index (χ3n) is 5.36. The van der Waals surface area contributed by atoms with Crippen molar-refractivity contribution in [2.75, 3.05) is 32.1 Å². The number of para-hydroxylation sites is 1. The molecule has 192 valence electrons. The number of methoxy groups -OCH3 is 1. The Morgan fingerprint density at radius 3 is 2.28 bits per heavy atom. The van der Waals surface area contributed by atoms with E-state index in [0.29, 0.717) is 11.5 Å². The monoisotopic (exact) mass is 503 g/mol. The molecule has 0 fully saturated rings. The van der Waals surface area contributed by atoms with E-state index in [1.807, 2.05) is 30.3 Å². The van der Waals surface area contributed by atoms with Gasteiger partial charge in [0.25, 0.3) is 0 Å². The molecule has 0 bridgehead atoms. The van der Waals surface area contributed by atoms with Crippen LogP contribution in [0, 0.1) is 6.92 Å². The molecule has 3 aromatic rings. The zero-order chi connectivity index (χ0) is 26.1. The molecule has 0 atom stereocenters. The first-order chi connectivity index (χ1) is 17.2. The number of halogens is 3. The van der Waals surface area contributed by atoms with Gasteiger partial charge >= 0.3 is 12.2 Å². The van der Waals surface area contributed by atoms with Gasteiger partial charge in [-0.1, -0.05) is 42.5 Å². The van der Waals surface area contributed by atoms with Gasteiger partial charge in [0.15, 0.2) is 0 Å². The fraction of sp³-hybridized carbons (Fsp3) is 0.308. The molecule has 3 amide bonds. The molecule has 0 radical (unpaired) electrons. The van der Waals surface area contributed by atoms with Crippen molar-refractivity contribution in [2.45, 2.75) is 26.2 Å². The third kappa shape index (κ3) is 7.61. The summed E-state index contributed by atoms with van der Waals surface area (Å²) in [4.78, 5) is 29.0. The van der Waals surface area contributed by atoms with Crippen LogP contribution in [-0.4, -0.2) is 48.5 Å². The maximum atomic E-state index is 13.4. The Morgan fingerprint density at radius 1 is 0.944 bits per heavy atom. The Labute approximate surface area is 207 Å². The van der Waals surface area contributed by atoms with Crippen LogP contribution >= 0.6 is 0 Å². The number of rotatable bonds is 10. The zero-order valence-corrected chi connectivity index (χ0v) is 20.0. The van der Waals surface area contributed by atoms with Crippen LogP contribution in [0.15, 0.2) is 71.1 Å². The molecular formula is C26H28F3N3O4. The summed E-state index contributed by atoms with van der Waals surface area (Å²) in [5, 5.41) is 2.30. The lowest BCUT2D eigenvalue weighted by atomic mass is 10.1. The largest absolute Gasteiger partial charge is 0.464 e. The predicted octanol–water partition coefficient (Wildman–Crippen LogP) is 5.32. The van der Waals surface area contributed by atoms with Crippen LogP contribution in [0.2, 0.25) is 0 Å². The number of aryl methyl sites for hydroxylation is 1. The quantitative estimate of drug-likeness (QED) is 0.407. The van der Waals surface area contributed by atoms with Gasteiger partial charge in [0.05, 0.1) is 24.4 Å². The van der Waals surface area contributed by atoms with Crippen LogP contribution in [-0.2, 0) is 28.8 Å². The van der Waals surface area contributed by atoms with Crippen molar-refractivity contribution in [2.24, 2.45) is 0 Å². The van der Waals surface area contributed by atoms with Crippen LogP contribution in [0.5, 0.6) is 0 Å². The van der Waals surface area contributed by atoms with Crippen molar-refractivity contribution >= 4 is 17.6 Å². The van der Waals surface area contributed by atoms with Gasteiger partial charge < -0.3 is 24.3 Å². The molecule has 1 aromatic heterocycles. The summed E-state index contributed by atoms with van der Waals surface area (Å²) in [6, 6.07) is 16.7. The number of amides is 3. The second-order valence-corrected chi connectivity index (χ2v) is 8.14. The minimum absolute atomic E-state index is 0.00128. The fourth-order valence-corrected chi connectivity index (χ4v) is 3.55. The first-order valence-electron chi connectivity index (χ1n) is 11.3. The number of urea groups is 1. The number of carbonyl (C=O) groups excluding carboxylic acids is 2. The number of carbonyl (C=O) groups is 2. The maximum Gasteiger partial charge on any atom is 0.418 e. The molecule has 1 N–H and O–H groups in total. The molecule has 10 heteroatoms. The average Bonchev–Trinajstić information content (AvgIpc) is 3.26. The van der Waals surface area contributed by atoms with Crippen molar-refractivity contribution in [3.63, 3.8) is 0 Å². The number of nitrogens with zero attached hydrogens (tertiary/aromatic N) is 2. The van der Waals surface area contributed by atoms with Gasteiger partial charge in [0.2, 0.25) is 5.91 Å². The van der Waals surface area contributed by atoms with E-state index in [4.69, 9.17) is 9.15 Å². The lowest BCUT2D eigenvalue weighted by Crippen LogP contribution is -2.45. The van der Waals surface area contributed by atoms with Gasteiger partial charge in [-0.15, -0.1) is 0 Å². The summed E-state index contributed by atoms with van der Waals surface area (Å²) in [6.07, 6.45) is -4.65. The number of benzene rings is 2. The molecule has 0 aliphatic heterocycles. The average molecular weight is 504 g/mol. The van der Waals surface area contributed by atoms with Crippen molar-refractivity contribution < 1.29 is 31.9 Å². The highest BCUT2D eigenvalue weighted by molar-refractivity contribution is 5.93. The summed E-state index contributed by atoms with van der Waals surface area (Å²) in [6.45, 7) is 1.95. The molecule has 0 saturated carbocycles. The van der Waals surface area contributed by atoms with E-state index >= 15 is 0 Å². The smallest absolute Gasteiger partial charge is 0.418 e. The Bertz CT molecular complexity index is 1150. The highest BCUT2D eigenvalue weighted by Crippen LogP contribution is 2.34. The molecule has 0 aliphatic rings. The van der Waals surface area contributed by atoms with Gasteiger partial charge in [-0.2, -0.15) is 13.2 Å². The molecule has 7 nitrogen and oxygen atoms in total. The molecule has 0 spiro atoms. The van der Waals surface area contributed by atoms with Gasteiger partial charge in [-0.05, 0) is 36.8 Å². The number of nitrogens with one attached hydrogen (secondary N) is 1. The normalized spacial score (nSPS) is 11.2. The van der Waals surface area contributed by atoms with E-state index in [1.54, 1.807) is 19.1 Å². The number of anilines is 1. The fourth-order valence-electron chi connectivity index (χ4n) is 3.55. The Kier molecular flexibility index (Phi) is 9.13. The predicted molar refractivity (Wildman–Crippen MR) is 128 cm³/mol. The minimum atomic E-state index is -4.65. The van der Waals surface area contributed by atoms with Crippen LogP contribution in [0.25, 0.3) is 0 Å². The van der Waals surface area contributed by atoms with Crippen LogP contribution in [0.3, 0.4) is 0 Å². The standard InChI is InChI=1S/C26H28F3N3O4/c1-19-12-13-21(36-19)17-32(16-20-8-4-3-5-9-20)24(33)18-31(14-15-35-2)25(34)30-23-11-7-6-10-22(23)26(27,28)29/h3-13H,14-18H2,1-2H3,(H,30,34). The Morgan fingerprint density at radius 2 is 1.64 bits per heavy atom. The molecule has 0 saturated heterocycles. The second kappa shape index (κ2) is 12.3. The Hall–Kier alpha value is -3.79. The van der Waals surface area contributed by atoms with E-state index in [-0.39, 0.29) is 32.8 Å². The van der Waals surface area contributed by atoms with E-state index in [2.05, 4.69) is 5.32 Å². The summed E-state index contributed by atoms with van der Waals surface area (Å²) in [5.74, 6) is 0.869. The van der Waals surface area contributed by atoms with Crippen molar-refractivity contribution in [3.8, 4) is 0 Å². The molecule has 0 aliphatic carbocycles. The first kappa shape index (κ1) is 26.8. The van der Waals surface area contributed by atoms with E-state index < -0.39 is 29.4 Å². The van der Waals surface area contributed by atoms with Gasteiger partial charge in [0.1, 0.15) is 18.1 Å². The van der Waals surface area contributed by atoms with Gasteiger partial charge in [0, 0.05) is 20.2 Å². The molecule has 36 heavy (non-hydrogen) atoms. The molecule has 1 heterocycles. The van der Waals surface area contributed by atoms with Crippen LogP contribution in [0.4, 0.5) is 23.7 Å². The lowest BCUT2D eigenvalue weighted by Gasteiger charge is -2.28. The number of alkyl halides is 3. The second-order valence-electron chi connectivity index (χ2n) is 8.14. The molecule has 0 unspecified atom stereocenters. The van der Waals surface area contributed by atoms with Crippen molar-refractivity contribution in [1.29, 1.82) is 0 Å². The SMILES string of the molecule is COCCN(CC(=O)N(Cc1ccccc1)Cc1ccc(C)o1)C(=O)Nc1ccccc1C(F)(F)F. The minimum Gasteiger partial charge on any atom is -0.464 e. The zero-order valence-electron chi connectivity index (χ0n) is 20.0. The highest BCUT2D eigenvalue weighted by Gasteiger charge is 2.34. The first-order valence-corrected chi connectivity index (χ1v) is 11.3. The summed E-state index contributed by atoms with van der Waals surface area (Å²) >= 11 is 0. The summed E-state index contributed by atoms with van der Waals surface area (Å²) in [5.41, 5.74) is -0.492. The third-order valence-corrected chi connectivity index (χ3v) is 5.36. The lowest BCUT2D eigenvalue weighted by molar-refractivity contribution is -0.137. The topological polar surface area (TPSA) is 75.0 Å².